The van der Waals surface area contributed by atoms with Gasteiger partial charge in [-0.05, 0) is 62.7 Å². The van der Waals surface area contributed by atoms with Crippen LogP contribution in [0.3, 0.4) is 0 Å². The lowest BCUT2D eigenvalue weighted by molar-refractivity contribution is 0.418. The van der Waals surface area contributed by atoms with Gasteiger partial charge in [0.1, 0.15) is 0 Å². The minimum absolute atomic E-state index is 0.988. The van der Waals surface area contributed by atoms with Gasteiger partial charge in [0.2, 0.25) is 0 Å². The molecule has 0 aromatic carbocycles. The molecule has 0 spiro atoms. The lowest BCUT2D eigenvalue weighted by Gasteiger charge is -2.08. The van der Waals surface area contributed by atoms with Gasteiger partial charge in [-0.15, -0.1) is 0 Å². The molecule has 0 aliphatic heterocycles. The smallest absolute Gasteiger partial charge is 0.0314 e. The van der Waals surface area contributed by atoms with Crippen LogP contribution in [0.2, 0.25) is 0 Å². The maximum absolute atomic E-state index is 2.47. The van der Waals surface area contributed by atoms with E-state index >= 15 is 0 Å². The molecule has 2 aliphatic rings. The van der Waals surface area contributed by atoms with Gasteiger partial charge in [0.05, 0.1) is 0 Å². The van der Waals surface area contributed by atoms with E-state index in [9.17, 15) is 0 Å². The summed E-state index contributed by atoms with van der Waals surface area (Å²) < 4.78 is 0. The van der Waals surface area contributed by atoms with Gasteiger partial charge in [0.15, 0.2) is 0 Å². The molecular weight excluding hydrogens is 216 g/mol. The molecule has 0 aromatic rings. The molecule has 2 rings (SSSR count). The normalized spacial score (nSPS) is 37.0. The standard InChI is InChI=1S/C18H30/c1-5-7-13(3)9-10-15-11-17(15)18-12-16(18)14(4)8-6-2/h5,7,9,14-18H,6,8,10-12H2,1-4H3. The molecule has 0 N–H and O–H groups in total. The molecule has 5 atom stereocenters. The van der Waals surface area contributed by atoms with E-state index in [-0.39, 0.29) is 0 Å². The second kappa shape index (κ2) is 6.08. The van der Waals surface area contributed by atoms with Crippen molar-refractivity contribution in [3.8, 4) is 0 Å². The van der Waals surface area contributed by atoms with Gasteiger partial charge in [-0.1, -0.05) is 50.5 Å². The molecule has 102 valence electrons. The Balaban J connectivity index is 1.69. The van der Waals surface area contributed by atoms with Crippen LogP contribution in [0.5, 0.6) is 0 Å². The van der Waals surface area contributed by atoms with Crippen LogP contribution in [-0.2, 0) is 0 Å². The third kappa shape index (κ3) is 3.49. The average Bonchev–Trinajstić information content (AvgIpc) is 3.20. The van der Waals surface area contributed by atoms with Crippen LogP contribution in [0.1, 0.15) is 59.8 Å². The fourth-order valence-electron chi connectivity index (χ4n) is 3.79. The van der Waals surface area contributed by atoms with E-state index in [4.69, 9.17) is 0 Å². The first kappa shape index (κ1) is 13.9. The van der Waals surface area contributed by atoms with Gasteiger partial charge in [-0.2, -0.15) is 0 Å². The van der Waals surface area contributed by atoms with E-state index < -0.39 is 0 Å². The topological polar surface area (TPSA) is 0 Å². The summed E-state index contributed by atoms with van der Waals surface area (Å²) in [6.45, 7) is 9.12. The van der Waals surface area contributed by atoms with Crippen LogP contribution in [0.4, 0.5) is 0 Å². The minimum Gasteiger partial charge on any atom is -0.0874 e. The summed E-state index contributed by atoms with van der Waals surface area (Å²) in [5, 5.41) is 0. The quantitative estimate of drug-likeness (QED) is 0.512. The predicted octanol–water partition coefficient (Wildman–Crippen LogP) is 5.61. The van der Waals surface area contributed by atoms with E-state index in [1.807, 2.05) is 0 Å². The highest BCUT2D eigenvalue weighted by atomic mass is 14.6. The Kier molecular flexibility index (Phi) is 4.70. The Morgan fingerprint density at radius 1 is 1.28 bits per heavy atom. The Bertz CT molecular complexity index is 323. The summed E-state index contributed by atoms with van der Waals surface area (Å²) in [5.74, 6) is 5.28. The van der Waals surface area contributed by atoms with E-state index in [2.05, 4.69) is 45.9 Å². The number of allylic oxidation sites excluding steroid dienone is 4. The minimum atomic E-state index is 0.988. The van der Waals surface area contributed by atoms with Crippen molar-refractivity contribution in [3.05, 3.63) is 23.8 Å². The molecule has 0 aromatic heterocycles. The highest BCUT2D eigenvalue weighted by molar-refractivity contribution is 5.16. The lowest BCUT2D eigenvalue weighted by Crippen LogP contribution is -2.00. The molecule has 0 bridgehead atoms. The van der Waals surface area contributed by atoms with Crippen LogP contribution in [0, 0.1) is 29.6 Å². The molecule has 2 aliphatic carbocycles. The first-order valence-electron chi connectivity index (χ1n) is 7.96. The first-order chi connectivity index (χ1) is 8.67. The van der Waals surface area contributed by atoms with Crippen molar-refractivity contribution >= 4 is 0 Å². The van der Waals surface area contributed by atoms with E-state index in [1.54, 1.807) is 6.42 Å². The molecule has 2 saturated carbocycles. The summed E-state index contributed by atoms with van der Waals surface area (Å²) >= 11 is 0. The second-order valence-corrected chi connectivity index (χ2v) is 6.67. The van der Waals surface area contributed by atoms with Crippen LogP contribution in [0.15, 0.2) is 23.8 Å². The van der Waals surface area contributed by atoms with Gasteiger partial charge in [0, 0.05) is 0 Å². The van der Waals surface area contributed by atoms with E-state index in [0.717, 1.165) is 29.6 Å². The largest absolute Gasteiger partial charge is 0.0874 e. The van der Waals surface area contributed by atoms with Gasteiger partial charge in [0.25, 0.3) is 0 Å². The highest BCUT2D eigenvalue weighted by Gasteiger charge is 2.53. The molecule has 0 heterocycles. The molecule has 0 saturated heterocycles. The molecule has 0 heteroatoms. The van der Waals surface area contributed by atoms with Gasteiger partial charge in [-0.3, -0.25) is 0 Å². The Morgan fingerprint density at radius 2 is 2.06 bits per heavy atom. The van der Waals surface area contributed by atoms with Crippen molar-refractivity contribution in [2.75, 3.05) is 0 Å². The van der Waals surface area contributed by atoms with Crippen molar-refractivity contribution in [1.29, 1.82) is 0 Å². The second-order valence-electron chi connectivity index (χ2n) is 6.67. The van der Waals surface area contributed by atoms with Crippen molar-refractivity contribution in [2.45, 2.75) is 59.8 Å². The fraction of sp³-hybridized carbons (Fsp3) is 0.778. The molecule has 0 amide bonds. The van der Waals surface area contributed by atoms with Gasteiger partial charge in [-0.25, -0.2) is 0 Å². The summed E-state index contributed by atoms with van der Waals surface area (Å²) in [6.07, 6.45) is 14.0. The third-order valence-corrected chi connectivity index (χ3v) is 5.07. The predicted molar refractivity (Wildman–Crippen MR) is 80.5 cm³/mol. The van der Waals surface area contributed by atoms with Crippen LogP contribution in [-0.4, -0.2) is 0 Å². The molecule has 5 unspecified atom stereocenters. The Labute approximate surface area is 114 Å². The van der Waals surface area contributed by atoms with E-state index in [1.165, 1.54) is 31.3 Å². The Hall–Kier alpha value is -0.520. The highest BCUT2D eigenvalue weighted by Crippen LogP contribution is 2.61. The molecule has 0 nitrogen and oxygen atoms in total. The summed E-state index contributed by atoms with van der Waals surface area (Å²) in [7, 11) is 0. The average molecular weight is 246 g/mol. The number of hydrogen-bond acceptors (Lipinski definition) is 0. The maximum atomic E-state index is 2.47. The van der Waals surface area contributed by atoms with Crippen molar-refractivity contribution in [2.24, 2.45) is 29.6 Å². The summed E-state index contributed by atoms with van der Waals surface area (Å²) in [6, 6.07) is 0. The maximum Gasteiger partial charge on any atom is -0.0314 e. The van der Waals surface area contributed by atoms with Crippen LogP contribution >= 0.6 is 0 Å². The van der Waals surface area contributed by atoms with E-state index in [0.29, 0.717) is 0 Å². The Morgan fingerprint density at radius 3 is 2.72 bits per heavy atom. The van der Waals surface area contributed by atoms with Crippen molar-refractivity contribution < 1.29 is 0 Å². The molecule has 0 radical (unpaired) electrons. The molecule has 2 fully saturated rings. The first-order valence-corrected chi connectivity index (χ1v) is 7.96. The number of hydrogen-bond donors (Lipinski definition) is 0. The van der Waals surface area contributed by atoms with Crippen LogP contribution in [0.25, 0.3) is 0 Å². The zero-order valence-electron chi connectivity index (χ0n) is 12.7. The molecule has 18 heavy (non-hydrogen) atoms. The lowest BCUT2D eigenvalue weighted by atomic mass is 9.97. The summed E-state index contributed by atoms with van der Waals surface area (Å²) in [4.78, 5) is 0. The van der Waals surface area contributed by atoms with Crippen molar-refractivity contribution in [3.63, 3.8) is 0 Å². The fourth-order valence-corrected chi connectivity index (χ4v) is 3.79. The van der Waals surface area contributed by atoms with Crippen molar-refractivity contribution in [1.82, 2.24) is 0 Å². The third-order valence-electron chi connectivity index (χ3n) is 5.07. The zero-order chi connectivity index (χ0) is 13.1. The SMILES string of the molecule is CC=CC(C)=CCC1CC1C1CC1C(C)CCC. The van der Waals surface area contributed by atoms with Gasteiger partial charge < -0.3 is 0 Å². The molecular formula is C18H30. The summed E-state index contributed by atoms with van der Waals surface area (Å²) in [5.41, 5.74) is 1.44. The van der Waals surface area contributed by atoms with Crippen LogP contribution < -0.4 is 0 Å². The number of rotatable bonds is 7. The van der Waals surface area contributed by atoms with Gasteiger partial charge >= 0.3 is 0 Å². The zero-order valence-corrected chi connectivity index (χ0v) is 12.7. The monoisotopic (exact) mass is 246 g/mol.